The van der Waals surface area contributed by atoms with Crippen molar-refractivity contribution in [3.05, 3.63) is 232 Å². The molecule has 0 amide bonds. The van der Waals surface area contributed by atoms with E-state index in [1.807, 2.05) is 30.7 Å². The minimum absolute atomic E-state index is 0. The third-order valence-corrected chi connectivity index (χ3v) is 13.3. The van der Waals surface area contributed by atoms with Crippen LogP contribution in [0.1, 0.15) is 23.3 Å². The van der Waals surface area contributed by atoms with Crippen LogP contribution in [0, 0.1) is 123 Å². The van der Waals surface area contributed by atoms with Crippen molar-refractivity contribution in [1.29, 1.82) is 0 Å². The summed E-state index contributed by atoms with van der Waals surface area (Å²) in [5.74, 6) is -59.1. The zero-order valence-corrected chi connectivity index (χ0v) is 42.9. The standard InChI is InChI=1S/C38H12F20O2P2.C5H5.C3H4O.6FH.Fe.Sb/c39-13-17(43)25(51)35(26(52)18(13)44)61(36-27(53)19(45)14(40)20(46)28(36)54)59-33(11-7-3-1-4-8-11)34(12-9-5-2-6-10-12)60-62(37-29(55)21(47)15(41)22(48)30(37)56)38-31(57)23(49)16(42)24(50)32(38)58;1-2-4-5-3-1;1-2-3-4;;;;;;;;/h1-10,33-34H;1-5H;2-3H,1H2;6*1H;;/q;;;;;;;;;;+5/p-6/t33-,34-;;;;;;;;;;/m1........../s1. The fourth-order valence-electron chi connectivity index (χ4n) is 5.94. The van der Waals surface area contributed by atoms with Crippen molar-refractivity contribution in [2.45, 2.75) is 12.2 Å². The number of halogens is 26. The smallest absolute Gasteiger partial charge is 0 e. The molecule has 2 atom stereocenters. The molecule has 7 rings (SSSR count). The number of aldehydes is 1. The molecule has 429 valence electrons. The van der Waals surface area contributed by atoms with Gasteiger partial charge in [0, 0.05) is 23.5 Å². The molecule has 0 aromatic heterocycles. The van der Waals surface area contributed by atoms with E-state index < -0.39 is 197 Å². The molecule has 6 aromatic rings. The number of carbonyl (C=O) groups excluding carboxylic acids is 1. The van der Waals surface area contributed by atoms with Gasteiger partial charge >= 0.3 is 36.4 Å². The minimum atomic E-state index is -11.2. The predicted molar refractivity (Wildman–Crippen MR) is 229 cm³/mol. The second-order valence-corrected chi connectivity index (χ2v) is 23.3. The summed E-state index contributed by atoms with van der Waals surface area (Å²) >= 11 is -11.2. The summed E-state index contributed by atoms with van der Waals surface area (Å²) in [6.07, 6.45) is 6.23. The van der Waals surface area contributed by atoms with Crippen molar-refractivity contribution in [1.82, 2.24) is 0 Å². The molecule has 0 N–H and O–H groups in total. The van der Waals surface area contributed by atoms with Gasteiger partial charge in [-0.05, 0) is 17.2 Å². The Morgan fingerprint density at radius 3 is 0.684 bits per heavy atom. The van der Waals surface area contributed by atoms with Crippen molar-refractivity contribution < 1.29 is 136 Å². The number of rotatable bonds is 12. The Balaban J connectivity index is 0.000000837. The summed E-state index contributed by atoms with van der Waals surface area (Å²) in [5.41, 5.74) is -1.38. The van der Waals surface area contributed by atoms with Crippen LogP contribution in [0.2, 0.25) is 0 Å². The van der Waals surface area contributed by atoms with Gasteiger partial charge in [-0.1, -0.05) is 91.5 Å². The van der Waals surface area contributed by atoms with Crippen molar-refractivity contribution in [3.8, 4) is 0 Å². The Bertz CT molecular complexity index is 2830. The molecule has 1 aliphatic rings. The van der Waals surface area contributed by atoms with Crippen LogP contribution in [0.5, 0.6) is 0 Å². The molecule has 0 saturated carbocycles. The fourth-order valence-corrected chi connectivity index (χ4v) is 9.94. The molecule has 0 heterocycles. The first-order chi connectivity index (χ1) is 36.0. The average molecular weight is 1360 g/mol. The summed E-state index contributed by atoms with van der Waals surface area (Å²) in [7, 11) is -9.60. The third-order valence-electron chi connectivity index (χ3n) is 9.18. The van der Waals surface area contributed by atoms with E-state index in [4.69, 9.17) is 13.8 Å². The quantitative estimate of drug-likeness (QED) is 0.0233. The number of hydrogen-bond acceptors (Lipinski definition) is 3. The van der Waals surface area contributed by atoms with E-state index in [1.54, 1.807) is 0 Å². The van der Waals surface area contributed by atoms with Gasteiger partial charge in [-0.25, -0.2) is 87.8 Å². The van der Waals surface area contributed by atoms with Crippen LogP contribution in [0.3, 0.4) is 0 Å². The topological polar surface area (TPSA) is 35.5 Å². The van der Waals surface area contributed by atoms with Crippen LogP contribution in [0.25, 0.3) is 0 Å². The largest absolute Gasteiger partial charge is 0 e. The molecule has 1 radical (unpaired) electrons. The van der Waals surface area contributed by atoms with Gasteiger partial charge in [0.2, 0.25) is 23.3 Å². The monoisotopic (exact) mass is 1350 g/mol. The van der Waals surface area contributed by atoms with Crippen molar-refractivity contribution in [3.63, 3.8) is 0 Å². The molecular weight excluding hydrogens is 1330 g/mol. The maximum atomic E-state index is 15.6. The molecule has 0 bridgehead atoms. The molecule has 33 heteroatoms. The van der Waals surface area contributed by atoms with Gasteiger partial charge in [-0.2, -0.15) is 0 Å². The van der Waals surface area contributed by atoms with Gasteiger partial charge in [-0.3, -0.25) is 4.79 Å². The first kappa shape index (κ1) is 67.8. The van der Waals surface area contributed by atoms with Gasteiger partial charge in [0.1, 0.15) is 34.8 Å². The zero-order valence-electron chi connectivity index (χ0n) is 37.4. The number of carbonyl (C=O) groups is 1. The first-order valence-corrected chi connectivity index (χ1v) is 28.2. The minimum Gasteiger partial charge on any atom is 0 e. The summed E-state index contributed by atoms with van der Waals surface area (Å²) < 4.78 is 371. The van der Waals surface area contributed by atoms with Crippen LogP contribution in [0.15, 0.2) is 97.6 Å². The van der Waals surface area contributed by atoms with Crippen LogP contribution in [0.4, 0.5) is 105 Å². The van der Waals surface area contributed by atoms with Gasteiger partial charge in [-0.15, -0.1) is 0 Å². The van der Waals surface area contributed by atoms with Crippen molar-refractivity contribution >= 4 is 63.3 Å². The molecule has 79 heavy (non-hydrogen) atoms. The van der Waals surface area contributed by atoms with E-state index in [0.29, 0.717) is 6.29 Å². The third kappa shape index (κ3) is 16.3. The van der Waals surface area contributed by atoms with Crippen LogP contribution in [-0.2, 0) is 30.9 Å². The van der Waals surface area contributed by atoms with Crippen molar-refractivity contribution in [2.24, 2.45) is 0 Å². The maximum absolute atomic E-state index is 15.6. The molecule has 3 nitrogen and oxygen atoms in total. The molecule has 0 saturated heterocycles. The van der Waals surface area contributed by atoms with Gasteiger partial charge in [0.15, 0.2) is 93.1 Å². The Morgan fingerprint density at radius 1 is 0.354 bits per heavy atom. The Hall–Kier alpha value is -5.49. The van der Waals surface area contributed by atoms with E-state index >= 15 is 35.1 Å². The predicted octanol–water partition coefficient (Wildman–Crippen LogP) is 15.2. The SMILES string of the molecule is C=CC=O.Fc1c(F)c(F)c(P(O[C@H](c2ccccc2)[C@H](OP(c2c(F)c(F)c(F)c(F)c2F)c2c(F)c(F)c(F)c(F)c2F)c2ccccc2)c2c(F)c(F)c(F)c(F)c2F)c(F)c1F.[CH]1C=CC=C1.[F][Sb-]([F])([F])([F])([F])[F].[Fe]. The van der Waals surface area contributed by atoms with Gasteiger partial charge in [0.25, 0.3) is 0 Å². The molecule has 6 aromatic carbocycles. The van der Waals surface area contributed by atoms with E-state index in [0.717, 1.165) is 60.7 Å². The van der Waals surface area contributed by atoms with E-state index in [-0.39, 0.29) is 17.1 Å². The molecule has 1 aliphatic carbocycles. The zero-order chi connectivity index (χ0) is 59.2. The number of hydrogen-bond donors (Lipinski definition) is 0. The average Bonchev–Trinajstić information content (AvgIpc) is 4.00. The fraction of sp³-hybridized carbons (Fsp3) is 0.0435. The number of benzene rings is 6. The maximum Gasteiger partial charge on any atom is 0 e. The van der Waals surface area contributed by atoms with Crippen LogP contribution in [-0.4, -0.2) is 25.8 Å². The summed E-state index contributed by atoms with van der Waals surface area (Å²) in [5, 5.41) is -9.80. The van der Waals surface area contributed by atoms with Crippen LogP contribution >= 0.6 is 16.3 Å². The summed E-state index contributed by atoms with van der Waals surface area (Å²) in [4.78, 5) is 9.06. The van der Waals surface area contributed by atoms with E-state index in [1.165, 1.54) is 6.08 Å². The van der Waals surface area contributed by atoms with Gasteiger partial charge in [0.05, 0.1) is 21.2 Å². The Labute approximate surface area is 440 Å². The Morgan fingerprint density at radius 2 is 0.532 bits per heavy atom. The van der Waals surface area contributed by atoms with Crippen molar-refractivity contribution in [2.75, 3.05) is 0 Å². The molecule has 0 unspecified atom stereocenters. The van der Waals surface area contributed by atoms with E-state index in [2.05, 4.69) is 6.58 Å². The normalized spacial score (nSPS) is 13.5. The second-order valence-electron chi connectivity index (χ2n) is 14.4. The van der Waals surface area contributed by atoms with Gasteiger partial charge < -0.3 is 9.05 Å². The summed E-state index contributed by atoms with van der Waals surface area (Å²) in [6.45, 7) is 3.11. The summed E-state index contributed by atoms with van der Waals surface area (Å²) in [6, 6.07) is 9.64. The number of allylic oxidation sites excluding steroid dienone is 5. The second kappa shape index (κ2) is 26.4. The molecule has 0 fully saturated rings. The first-order valence-electron chi connectivity index (χ1n) is 19.9. The van der Waals surface area contributed by atoms with E-state index in [9.17, 15) is 69.6 Å². The molecule has 0 spiro atoms. The molecular formula is C46H21F26FeO3P2Sb-. The Kier molecular flexibility index (Phi) is 22.7. The van der Waals surface area contributed by atoms with Crippen LogP contribution < -0.4 is 21.2 Å². The molecule has 0 aliphatic heterocycles.